The average molecular weight is 495 g/mol. The Kier molecular flexibility index (Phi) is 9.47. The summed E-state index contributed by atoms with van der Waals surface area (Å²) in [6, 6.07) is 14.4. The first kappa shape index (κ1) is 26.1. The maximum absolute atomic E-state index is 12.6. The highest BCUT2D eigenvalue weighted by molar-refractivity contribution is 5.91. The summed E-state index contributed by atoms with van der Waals surface area (Å²) in [5.41, 5.74) is 4.48. The van der Waals surface area contributed by atoms with E-state index in [1.54, 1.807) is 24.3 Å². The predicted molar refractivity (Wildman–Crippen MR) is 146 cm³/mol. The van der Waals surface area contributed by atoms with Gasteiger partial charge in [0.15, 0.2) is 11.6 Å². The van der Waals surface area contributed by atoms with Crippen LogP contribution in [0.1, 0.15) is 73.9 Å². The number of hydrogen-bond donors (Lipinski definition) is 0. The van der Waals surface area contributed by atoms with E-state index in [0.29, 0.717) is 23.0 Å². The normalized spacial score (nSPS) is 10.9. The molecule has 6 heteroatoms. The topological polar surface area (TPSA) is 77.9 Å². The summed E-state index contributed by atoms with van der Waals surface area (Å²) in [6.07, 6.45) is 16.8. The molecule has 4 rings (SSSR count). The van der Waals surface area contributed by atoms with Crippen molar-refractivity contribution in [2.24, 2.45) is 0 Å². The van der Waals surface area contributed by atoms with Gasteiger partial charge in [-0.1, -0.05) is 58.1 Å². The Morgan fingerprint density at radius 2 is 1.14 bits per heavy atom. The highest BCUT2D eigenvalue weighted by Gasteiger charge is 2.11. The Bertz CT molecular complexity index is 1250. The molecule has 0 fully saturated rings. The predicted octanol–water partition coefficient (Wildman–Crippen LogP) is 7.29. The van der Waals surface area contributed by atoms with Crippen molar-refractivity contribution in [1.82, 2.24) is 19.9 Å². The summed E-state index contributed by atoms with van der Waals surface area (Å²) in [7, 11) is 0. The van der Waals surface area contributed by atoms with Crippen LogP contribution in [0.25, 0.3) is 22.8 Å². The summed E-state index contributed by atoms with van der Waals surface area (Å²) in [5.74, 6) is 1.35. The summed E-state index contributed by atoms with van der Waals surface area (Å²) in [5, 5.41) is 0. The third-order valence-corrected chi connectivity index (χ3v) is 6.22. The van der Waals surface area contributed by atoms with E-state index < -0.39 is 5.97 Å². The van der Waals surface area contributed by atoms with Crippen molar-refractivity contribution < 1.29 is 9.53 Å². The Labute approximate surface area is 219 Å². The van der Waals surface area contributed by atoms with Crippen molar-refractivity contribution in [2.75, 3.05) is 0 Å². The molecule has 0 unspecified atom stereocenters. The Hall–Kier alpha value is -3.93. The van der Waals surface area contributed by atoms with Gasteiger partial charge in [0.05, 0.1) is 5.56 Å². The lowest BCUT2D eigenvalue weighted by Crippen LogP contribution is -2.08. The number of unbranched alkanes of at least 4 members (excludes halogenated alkanes) is 4. The zero-order valence-electron chi connectivity index (χ0n) is 21.7. The fourth-order valence-corrected chi connectivity index (χ4v) is 4.08. The number of carbonyl (C=O) groups is 1. The van der Waals surface area contributed by atoms with Crippen LogP contribution in [0.4, 0.5) is 0 Å². The van der Waals surface area contributed by atoms with Crippen LogP contribution in [0.3, 0.4) is 0 Å². The number of benzene rings is 2. The number of hydrogen-bond acceptors (Lipinski definition) is 6. The van der Waals surface area contributed by atoms with Crippen molar-refractivity contribution >= 4 is 5.97 Å². The van der Waals surface area contributed by atoms with Gasteiger partial charge < -0.3 is 4.74 Å². The van der Waals surface area contributed by atoms with E-state index in [1.165, 1.54) is 32.1 Å². The second-order valence-electron chi connectivity index (χ2n) is 9.24. The van der Waals surface area contributed by atoms with E-state index >= 15 is 0 Å². The van der Waals surface area contributed by atoms with Gasteiger partial charge in [-0.2, -0.15) is 0 Å². The van der Waals surface area contributed by atoms with Crippen LogP contribution in [0.5, 0.6) is 5.75 Å². The quantitative estimate of drug-likeness (QED) is 0.117. The van der Waals surface area contributed by atoms with Gasteiger partial charge in [-0.3, -0.25) is 0 Å². The molecule has 4 aromatic rings. The van der Waals surface area contributed by atoms with Crippen molar-refractivity contribution in [3.8, 4) is 28.5 Å². The van der Waals surface area contributed by atoms with Gasteiger partial charge in [0.2, 0.25) is 0 Å². The summed E-state index contributed by atoms with van der Waals surface area (Å²) in [4.78, 5) is 30.6. The molecular weight excluding hydrogens is 460 g/mol. The first-order valence-electron chi connectivity index (χ1n) is 13.2. The maximum atomic E-state index is 12.6. The molecule has 190 valence electrons. The lowest BCUT2D eigenvalue weighted by atomic mass is 10.1. The second-order valence-corrected chi connectivity index (χ2v) is 9.24. The fourth-order valence-electron chi connectivity index (χ4n) is 4.08. The van der Waals surface area contributed by atoms with Crippen molar-refractivity contribution in [3.63, 3.8) is 0 Å². The monoisotopic (exact) mass is 494 g/mol. The van der Waals surface area contributed by atoms with Crippen LogP contribution in [0.2, 0.25) is 0 Å². The third kappa shape index (κ3) is 7.53. The molecule has 0 saturated heterocycles. The zero-order chi connectivity index (χ0) is 25.9. The van der Waals surface area contributed by atoms with Crippen molar-refractivity contribution in [2.45, 2.75) is 65.2 Å². The molecule has 0 amide bonds. The smallest absolute Gasteiger partial charge is 0.343 e. The number of ether oxygens (including phenoxy) is 1. The molecule has 0 aliphatic rings. The molecule has 0 radical (unpaired) electrons. The van der Waals surface area contributed by atoms with Crippen molar-refractivity contribution in [3.05, 3.63) is 90.0 Å². The largest absolute Gasteiger partial charge is 0.423 e. The number of aryl methyl sites for hydroxylation is 2. The Balaban J connectivity index is 1.31. The minimum absolute atomic E-state index is 0.418. The number of nitrogens with zero attached hydrogens (tertiary/aromatic N) is 4. The molecule has 0 N–H and O–H groups in total. The zero-order valence-corrected chi connectivity index (χ0v) is 21.7. The summed E-state index contributed by atoms with van der Waals surface area (Å²) in [6.45, 7) is 4.36. The molecular formula is C31H34N4O2. The van der Waals surface area contributed by atoms with Gasteiger partial charge in [0.25, 0.3) is 0 Å². The van der Waals surface area contributed by atoms with E-state index in [1.807, 2.05) is 49.1 Å². The second kappa shape index (κ2) is 13.4. The minimum atomic E-state index is -0.418. The highest BCUT2D eigenvalue weighted by atomic mass is 16.5. The molecule has 0 aliphatic carbocycles. The van der Waals surface area contributed by atoms with Gasteiger partial charge in [-0.15, -0.1) is 0 Å². The maximum Gasteiger partial charge on any atom is 0.343 e. The van der Waals surface area contributed by atoms with Crippen LogP contribution in [0, 0.1) is 0 Å². The SMILES string of the molecule is CCCCCCCc1cnc(-c2ccc(C(=O)Oc3ccc(-c4ncc(CCC)cn4)cc3)cc2)nc1. The molecule has 37 heavy (non-hydrogen) atoms. The van der Waals surface area contributed by atoms with E-state index in [0.717, 1.165) is 41.5 Å². The third-order valence-electron chi connectivity index (χ3n) is 6.22. The van der Waals surface area contributed by atoms with Crippen LogP contribution in [0.15, 0.2) is 73.3 Å². The average Bonchev–Trinajstić information content (AvgIpc) is 2.94. The molecule has 0 spiro atoms. The van der Waals surface area contributed by atoms with Gasteiger partial charge in [-0.05, 0) is 66.8 Å². The van der Waals surface area contributed by atoms with Gasteiger partial charge >= 0.3 is 5.97 Å². The van der Waals surface area contributed by atoms with E-state index in [-0.39, 0.29) is 0 Å². The number of aromatic nitrogens is 4. The molecule has 2 aromatic carbocycles. The lowest BCUT2D eigenvalue weighted by molar-refractivity contribution is 0.0735. The van der Waals surface area contributed by atoms with Crippen molar-refractivity contribution in [1.29, 1.82) is 0 Å². The van der Waals surface area contributed by atoms with Crippen LogP contribution >= 0.6 is 0 Å². The molecule has 0 atom stereocenters. The number of carbonyl (C=O) groups excluding carboxylic acids is 1. The molecule has 0 aliphatic heterocycles. The Morgan fingerprint density at radius 1 is 0.622 bits per heavy atom. The molecule has 0 saturated carbocycles. The van der Waals surface area contributed by atoms with Gasteiger partial charge in [0, 0.05) is 35.9 Å². The highest BCUT2D eigenvalue weighted by Crippen LogP contribution is 2.21. The molecule has 0 bridgehead atoms. The number of esters is 1. The lowest BCUT2D eigenvalue weighted by Gasteiger charge is -2.07. The summed E-state index contributed by atoms with van der Waals surface area (Å²) < 4.78 is 5.55. The number of rotatable bonds is 12. The van der Waals surface area contributed by atoms with Gasteiger partial charge in [0.1, 0.15) is 5.75 Å². The molecule has 2 aromatic heterocycles. The van der Waals surface area contributed by atoms with E-state index in [4.69, 9.17) is 4.74 Å². The van der Waals surface area contributed by atoms with E-state index in [9.17, 15) is 4.79 Å². The van der Waals surface area contributed by atoms with Crippen LogP contribution in [-0.2, 0) is 12.8 Å². The minimum Gasteiger partial charge on any atom is -0.423 e. The molecule has 2 heterocycles. The van der Waals surface area contributed by atoms with Crippen LogP contribution in [-0.4, -0.2) is 25.9 Å². The first-order valence-corrected chi connectivity index (χ1v) is 13.2. The van der Waals surface area contributed by atoms with E-state index in [2.05, 4.69) is 33.8 Å². The first-order chi connectivity index (χ1) is 18.2. The standard InChI is InChI=1S/C31H34N4O2/c1-3-5-6-7-8-10-24-21-34-29(35-22-24)25-11-13-27(14-12-25)31(36)37-28-17-15-26(16-18-28)30-32-19-23(9-4-2)20-33-30/h11-22H,3-10H2,1-2H3. The Morgan fingerprint density at radius 3 is 1.68 bits per heavy atom. The molecule has 6 nitrogen and oxygen atoms in total. The summed E-state index contributed by atoms with van der Waals surface area (Å²) >= 11 is 0. The fraction of sp³-hybridized carbons (Fsp3) is 0.323. The van der Waals surface area contributed by atoms with Crippen LogP contribution < -0.4 is 4.74 Å². The van der Waals surface area contributed by atoms with Gasteiger partial charge in [-0.25, -0.2) is 24.7 Å².